The second-order valence-electron chi connectivity index (χ2n) is 6.58. The smallest absolute Gasteiger partial charge is 0.306 e. The molecule has 0 aromatic rings. The van der Waals surface area contributed by atoms with Gasteiger partial charge in [0.1, 0.15) is 0 Å². The lowest BCUT2D eigenvalue weighted by Gasteiger charge is -2.30. The van der Waals surface area contributed by atoms with Crippen molar-refractivity contribution in [1.82, 2.24) is 5.32 Å². The maximum absolute atomic E-state index is 11.9. The lowest BCUT2D eigenvalue weighted by molar-refractivity contribution is -0.145. The van der Waals surface area contributed by atoms with Gasteiger partial charge in [-0.2, -0.15) is 0 Å². The molecule has 5 nitrogen and oxygen atoms in total. The van der Waals surface area contributed by atoms with Crippen LogP contribution in [0.3, 0.4) is 0 Å². The monoisotopic (exact) mass is 270 g/mol. The van der Waals surface area contributed by atoms with Gasteiger partial charge in [-0.05, 0) is 24.2 Å². The SMILES string of the molecule is CC(C)(C)[C@H](N)C(=O)NCC1CCCCC1C(=O)O. The van der Waals surface area contributed by atoms with E-state index in [0.29, 0.717) is 13.0 Å². The largest absolute Gasteiger partial charge is 0.481 e. The van der Waals surface area contributed by atoms with Gasteiger partial charge in [-0.15, -0.1) is 0 Å². The van der Waals surface area contributed by atoms with Crippen LogP contribution in [0.25, 0.3) is 0 Å². The van der Waals surface area contributed by atoms with E-state index in [0.717, 1.165) is 19.3 Å². The third-order valence-corrected chi connectivity index (χ3v) is 3.98. The summed E-state index contributed by atoms with van der Waals surface area (Å²) in [4.78, 5) is 23.1. The molecule has 3 atom stereocenters. The number of aliphatic carboxylic acids is 1. The third kappa shape index (κ3) is 4.49. The molecule has 0 radical (unpaired) electrons. The molecule has 0 aromatic heterocycles. The van der Waals surface area contributed by atoms with Crippen LogP contribution in [0.5, 0.6) is 0 Å². The highest BCUT2D eigenvalue weighted by Gasteiger charge is 2.32. The Morgan fingerprint density at radius 2 is 1.89 bits per heavy atom. The Bertz CT molecular complexity index is 336. The van der Waals surface area contributed by atoms with E-state index in [1.54, 1.807) is 0 Å². The minimum absolute atomic E-state index is 0.0300. The van der Waals surface area contributed by atoms with Crippen molar-refractivity contribution in [2.24, 2.45) is 23.0 Å². The summed E-state index contributed by atoms with van der Waals surface area (Å²) in [7, 11) is 0. The first-order valence-electron chi connectivity index (χ1n) is 6.99. The lowest BCUT2D eigenvalue weighted by atomic mass is 9.79. The molecule has 0 heterocycles. The fraction of sp³-hybridized carbons (Fsp3) is 0.857. The quantitative estimate of drug-likeness (QED) is 0.719. The van der Waals surface area contributed by atoms with Crippen LogP contribution in [-0.2, 0) is 9.59 Å². The zero-order valence-corrected chi connectivity index (χ0v) is 12.1. The van der Waals surface area contributed by atoms with Crippen LogP contribution < -0.4 is 11.1 Å². The Morgan fingerprint density at radius 1 is 1.32 bits per heavy atom. The molecular formula is C14H26N2O3. The fourth-order valence-corrected chi connectivity index (χ4v) is 2.51. The summed E-state index contributed by atoms with van der Waals surface area (Å²) in [5.74, 6) is -1.25. The number of carboxylic acids is 1. The summed E-state index contributed by atoms with van der Waals surface area (Å²) in [6, 6.07) is -0.570. The highest BCUT2D eigenvalue weighted by atomic mass is 16.4. The minimum atomic E-state index is -0.751. The number of carboxylic acid groups (broad SMARTS) is 1. The molecule has 1 amide bonds. The summed E-state index contributed by atoms with van der Waals surface area (Å²) in [6.07, 6.45) is 3.57. The standard InChI is InChI=1S/C14H26N2O3/c1-14(2,3)11(15)12(17)16-8-9-6-4-5-7-10(9)13(18)19/h9-11H,4-8,15H2,1-3H3,(H,16,17)(H,18,19)/t9?,10?,11-/m1/s1. The number of hydrogen-bond acceptors (Lipinski definition) is 3. The van der Waals surface area contributed by atoms with E-state index in [2.05, 4.69) is 5.32 Å². The van der Waals surface area contributed by atoms with Crippen LogP contribution in [0, 0.1) is 17.3 Å². The third-order valence-electron chi connectivity index (χ3n) is 3.98. The van der Waals surface area contributed by atoms with Crippen molar-refractivity contribution < 1.29 is 14.7 Å². The van der Waals surface area contributed by atoms with Gasteiger partial charge in [0.2, 0.25) is 5.91 Å². The first kappa shape index (κ1) is 16.0. The van der Waals surface area contributed by atoms with Crippen molar-refractivity contribution in [3.05, 3.63) is 0 Å². The second kappa shape index (κ2) is 6.37. The van der Waals surface area contributed by atoms with E-state index >= 15 is 0 Å². The van der Waals surface area contributed by atoms with Gasteiger partial charge in [-0.1, -0.05) is 33.6 Å². The number of rotatable bonds is 4. The Labute approximate surface area is 114 Å². The normalized spacial score (nSPS) is 25.7. The van der Waals surface area contributed by atoms with Crippen molar-refractivity contribution in [2.75, 3.05) is 6.54 Å². The van der Waals surface area contributed by atoms with Crippen molar-refractivity contribution in [2.45, 2.75) is 52.5 Å². The van der Waals surface area contributed by atoms with E-state index in [1.807, 2.05) is 20.8 Å². The number of carbonyl (C=O) groups excluding carboxylic acids is 1. The first-order chi connectivity index (χ1) is 8.73. The van der Waals surface area contributed by atoms with Crippen molar-refractivity contribution in [1.29, 1.82) is 0 Å². The highest BCUT2D eigenvalue weighted by Crippen LogP contribution is 2.29. The van der Waals surface area contributed by atoms with Crippen LogP contribution in [0.1, 0.15) is 46.5 Å². The van der Waals surface area contributed by atoms with Gasteiger partial charge in [-0.25, -0.2) is 0 Å². The average Bonchev–Trinajstić information content (AvgIpc) is 2.34. The molecule has 2 unspecified atom stereocenters. The molecule has 0 saturated heterocycles. The van der Waals surface area contributed by atoms with Crippen LogP contribution in [0.2, 0.25) is 0 Å². The molecule has 0 aliphatic heterocycles. The lowest BCUT2D eigenvalue weighted by Crippen LogP contribution is -2.50. The predicted octanol–water partition coefficient (Wildman–Crippen LogP) is 1.37. The second-order valence-corrected chi connectivity index (χ2v) is 6.58. The van der Waals surface area contributed by atoms with Gasteiger partial charge in [0.15, 0.2) is 0 Å². The summed E-state index contributed by atoms with van der Waals surface area (Å²) in [6.45, 7) is 6.16. The molecule has 1 rings (SSSR count). The van der Waals surface area contributed by atoms with Crippen molar-refractivity contribution >= 4 is 11.9 Å². The summed E-state index contributed by atoms with van der Waals surface area (Å²) >= 11 is 0. The average molecular weight is 270 g/mol. The van der Waals surface area contributed by atoms with Crippen LogP contribution >= 0.6 is 0 Å². The summed E-state index contributed by atoms with van der Waals surface area (Å²) < 4.78 is 0. The molecule has 5 heteroatoms. The molecule has 0 spiro atoms. The van der Waals surface area contributed by atoms with Crippen LogP contribution in [-0.4, -0.2) is 29.6 Å². The van der Waals surface area contributed by atoms with Gasteiger partial charge in [0, 0.05) is 6.54 Å². The number of carbonyl (C=O) groups is 2. The fourth-order valence-electron chi connectivity index (χ4n) is 2.51. The minimum Gasteiger partial charge on any atom is -0.481 e. The highest BCUT2D eigenvalue weighted by molar-refractivity contribution is 5.82. The number of nitrogens with one attached hydrogen (secondary N) is 1. The Morgan fingerprint density at radius 3 is 2.42 bits per heavy atom. The van der Waals surface area contributed by atoms with Gasteiger partial charge >= 0.3 is 5.97 Å². The van der Waals surface area contributed by atoms with Gasteiger partial charge in [0.25, 0.3) is 0 Å². The molecule has 1 aliphatic carbocycles. The maximum atomic E-state index is 11.9. The van der Waals surface area contributed by atoms with Gasteiger partial charge in [0.05, 0.1) is 12.0 Å². The van der Waals surface area contributed by atoms with E-state index in [4.69, 9.17) is 5.73 Å². The van der Waals surface area contributed by atoms with E-state index < -0.39 is 12.0 Å². The molecule has 4 N–H and O–H groups in total. The topological polar surface area (TPSA) is 92.4 Å². The molecule has 19 heavy (non-hydrogen) atoms. The molecular weight excluding hydrogens is 244 g/mol. The zero-order chi connectivity index (χ0) is 14.6. The van der Waals surface area contributed by atoms with Crippen molar-refractivity contribution in [3.8, 4) is 0 Å². The Kier molecular flexibility index (Phi) is 5.35. The van der Waals surface area contributed by atoms with Gasteiger partial charge < -0.3 is 16.2 Å². The number of hydrogen-bond donors (Lipinski definition) is 3. The van der Waals surface area contributed by atoms with Crippen molar-refractivity contribution in [3.63, 3.8) is 0 Å². The van der Waals surface area contributed by atoms with Crippen LogP contribution in [0.15, 0.2) is 0 Å². The van der Waals surface area contributed by atoms with E-state index in [9.17, 15) is 14.7 Å². The first-order valence-corrected chi connectivity index (χ1v) is 6.99. The summed E-state index contributed by atoms with van der Waals surface area (Å²) in [5, 5.41) is 12.0. The molecule has 0 bridgehead atoms. The van der Waals surface area contributed by atoms with Gasteiger partial charge in [-0.3, -0.25) is 9.59 Å². The molecule has 1 saturated carbocycles. The molecule has 1 fully saturated rings. The van der Waals surface area contributed by atoms with E-state index in [-0.39, 0.29) is 23.2 Å². The Hall–Kier alpha value is -1.10. The number of amides is 1. The molecule has 110 valence electrons. The van der Waals surface area contributed by atoms with E-state index in [1.165, 1.54) is 0 Å². The van der Waals surface area contributed by atoms with Crippen LogP contribution in [0.4, 0.5) is 0 Å². The predicted molar refractivity (Wildman–Crippen MR) is 73.5 cm³/mol. The maximum Gasteiger partial charge on any atom is 0.306 e. The molecule has 1 aliphatic rings. The number of nitrogens with two attached hydrogens (primary N) is 1. The molecule has 0 aromatic carbocycles. The summed E-state index contributed by atoms with van der Waals surface area (Å²) in [5.41, 5.74) is 5.59. The zero-order valence-electron chi connectivity index (χ0n) is 12.1. The Balaban J connectivity index is 2.51.